The molecule has 0 spiro atoms. The van der Waals surface area contributed by atoms with Gasteiger partial charge in [0.2, 0.25) is 5.91 Å². The van der Waals surface area contributed by atoms with Gasteiger partial charge in [-0.1, -0.05) is 17.7 Å². The van der Waals surface area contributed by atoms with Crippen LogP contribution in [0.4, 0.5) is 5.82 Å². The fourth-order valence-electron chi connectivity index (χ4n) is 4.97. The topological polar surface area (TPSA) is 114 Å². The molecule has 182 valence electrons. The summed E-state index contributed by atoms with van der Waals surface area (Å²) in [7, 11) is 0. The molecule has 2 atom stereocenters. The minimum atomic E-state index is -0.254. The molecule has 1 aromatic carbocycles. The zero-order valence-corrected chi connectivity index (χ0v) is 20.4. The number of hydrogen-bond donors (Lipinski definition) is 1. The number of pyridine rings is 2. The second-order valence-electron chi connectivity index (χ2n) is 9.77. The summed E-state index contributed by atoms with van der Waals surface area (Å²) in [4.78, 5) is 23.7. The minimum absolute atomic E-state index is 0.0429. The van der Waals surface area contributed by atoms with Gasteiger partial charge in [0.15, 0.2) is 11.3 Å². The van der Waals surface area contributed by atoms with Crippen molar-refractivity contribution < 1.29 is 4.79 Å². The van der Waals surface area contributed by atoms with Crippen molar-refractivity contribution in [3.8, 4) is 6.07 Å². The number of imidazole rings is 1. The van der Waals surface area contributed by atoms with E-state index < -0.39 is 0 Å². The highest BCUT2D eigenvalue weighted by atomic mass is 35.5. The largest absolute Gasteiger partial charge is 0.309 e. The van der Waals surface area contributed by atoms with Gasteiger partial charge in [0, 0.05) is 29.5 Å². The summed E-state index contributed by atoms with van der Waals surface area (Å²) in [5, 5.41) is 22.1. The molecule has 1 amide bonds. The van der Waals surface area contributed by atoms with Crippen LogP contribution in [0.5, 0.6) is 0 Å². The summed E-state index contributed by atoms with van der Waals surface area (Å²) in [5.74, 6) is 0.597. The molecule has 2 fully saturated rings. The van der Waals surface area contributed by atoms with Crippen molar-refractivity contribution in [1.82, 2.24) is 29.4 Å². The van der Waals surface area contributed by atoms with Gasteiger partial charge >= 0.3 is 0 Å². The predicted molar refractivity (Wildman–Crippen MR) is 137 cm³/mol. The fourth-order valence-corrected chi connectivity index (χ4v) is 5.15. The number of benzene rings is 1. The van der Waals surface area contributed by atoms with E-state index in [2.05, 4.69) is 49.3 Å². The highest BCUT2D eigenvalue weighted by molar-refractivity contribution is 6.30. The van der Waals surface area contributed by atoms with Crippen LogP contribution >= 0.6 is 11.6 Å². The van der Waals surface area contributed by atoms with E-state index in [1.54, 1.807) is 35.3 Å². The number of fused-ring (bicyclic) bond motifs is 2. The zero-order valence-electron chi connectivity index (χ0n) is 19.7. The molecule has 7 rings (SSSR count). The maximum Gasteiger partial charge on any atom is 0.229 e. The van der Waals surface area contributed by atoms with Crippen LogP contribution in [0, 0.1) is 17.2 Å². The Kier molecular flexibility index (Phi) is 4.98. The van der Waals surface area contributed by atoms with Crippen LogP contribution in [0.3, 0.4) is 0 Å². The second kappa shape index (κ2) is 8.39. The van der Waals surface area contributed by atoms with Gasteiger partial charge in [-0.15, -0.1) is 5.10 Å². The Morgan fingerprint density at radius 3 is 2.89 bits per heavy atom. The predicted octanol–water partition coefficient (Wildman–Crippen LogP) is 4.67. The summed E-state index contributed by atoms with van der Waals surface area (Å²) < 4.78 is 2.06. The number of nitriles is 1. The van der Waals surface area contributed by atoms with Gasteiger partial charge in [-0.25, -0.2) is 9.97 Å². The molecule has 4 heterocycles. The molecule has 5 aromatic rings. The van der Waals surface area contributed by atoms with Crippen LogP contribution in [0.2, 0.25) is 5.02 Å². The lowest BCUT2D eigenvalue weighted by Crippen LogP contribution is -2.16. The highest BCUT2D eigenvalue weighted by Gasteiger charge is 2.45. The van der Waals surface area contributed by atoms with E-state index in [0.29, 0.717) is 46.3 Å². The first-order chi connectivity index (χ1) is 18.1. The van der Waals surface area contributed by atoms with Crippen LogP contribution in [0.15, 0.2) is 55.0 Å². The number of anilines is 1. The Morgan fingerprint density at radius 1 is 1.16 bits per heavy atom. The Bertz CT molecular complexity index is 1740. The smallest absolute Gasteiger partial charge is 0.229 e. The summed E-state index contributed by atoms with van der Waals surface area (Å²) >= 11 is 6.13. The molecule has 2 saturated carbocycles. The Hall–Kier alpha value is -4.29. The van der Waals surface area contributed by atoms with E-state index in [-0.39, 0.29) is 17.7 Å². The zero-order chi connectivity index (χ0) is 25.1. The van der Waals surface area contributed by atoms with Crippen molar-refractivity contribution in [1.29, 1.82) is 5.26 Å². The standard InChI is InChI=1S/C27H21ClN8O/c28-18-5-3-16(11-29)20(9-18)21-10-22(21)27(37)32-26-25-23(7-8-30-26)33-36(34-25)14-19-13-35-12-17(15-1-2-15)4-6-24(35)31-19/h3-9,12-13,15,21-22H,1-2,10,14H2,(H,30,32,37)/t21-,22+/m1/s1. The van der Waals surface area contributed by atoms with Gasteiger partial charge < -0.3 is 9.72 Å². The molecule has 2 aliphatic carbocycles. The average Bonchev–Trinajstić information content (AvgIpc) is 3.81. The summed E-state index contributed by atoms with van der Waals surface area (Å²) in [6.45, 7) is 0.402. The number of hydrogen-bond acceptors (Lipinski definition) is 6. The Morgan fingerprint density at radius 2 is 2.05 bits per heavy atom. The molecule has 0 saturated heterocycles. The van der Waals surface area contributed by atoms with Crippen molar-refractivity contribution in [3.63, 3.8) is 0 Å². The van der Waals surface area contributed by atoms with Gasteiger partial charge in [-0.05, 0) is 72.6 Å². The number of rotatable bonds is 6. The second-order valence-corrected chi connectivity index (χ2v) is 10.2. The third kappa shape index (κ3) is 4.09. The first kappa shape index (κ1) is 21.9. The summed E-state index contributed by atoms with van der Waals surface area (Å²) in [6.07, 6.45) is 8.94. The highest BCUT2D eigenvalue weighted by Crippen LogP contribution is 2.49. The van der Waals surface area contributed by atoms with Crippen LogP contribution in [-0.4, -0.2) is 35.3 Å². The van der Waals surface area contributed by atoms with Gasteiger partial charge in [0.25, 0.3) is 0 Å². The SMILES string of the molecule is N#Cc1ccc(Cl)cc1[C@H]1C[C@@H]1C(=O)Nc1nccc2nn(Cc3cn4cc(C5CC5)ccc4n3)nc12. The Balaban J connectivity index is 1.10. The first-order valence-corrected chi connectivity index (χ1v) is 12.6. The molecule has 4 aromatic heterocycles. The lowest BCUT2D eigenvalue weighted by molar-refractivity contribution is -0.117. The summed E-state index contributed by atoms with van der Waals surface area (Å²) in [5.41, 5.74) is 5.61. The number of amides is 1. The van der Waals surface area contributed by atoms with Crippen molar-refractivity contribution in [2.45, 2.75) is 37.6 Å². The minimum Gasteiger partial charge on any atom is -0.309 e. The molecule has 1 N–H and O–H groups in total. The first-order valence-electron chi connectivity index (χ1n) is 12.2. The van der Waals surface area contributed by atoms with E-state index in [4.69, 9.17) is 16.6 Å². The fraction of sp³-hybridized carbons (Fsp3) is 0.259. The molecule has 37 heavy (non-hydrogen) atoms. The molecular weight excluding hydrogens is 488 g/mol. The third-order valence-electron chi connectivity index (χ3n) is 7.12. The maximum atomic E-state index is 13.0. The van der Waals surface area contributed by atoms with Crippen LogP contribution in [-0.2, 0) is 11.3 Å². The lowest BCUT2D eigenvalue weighted by atomic mass is 10.0. The third-order valence-corrected chi connectivity index (χ3v) is 7.35. The molecule has 10 heteroatoms. The van der Waals surface area contributed by atoms with Crippen molar-refractivity contribution in [2.24, 2.45) is 5.92 Å². The van der Waals surface area contributed by atoms with Gasteiger partial charge in [-0.3, -0.25) is 4.79 Å². The molecular formula is C27H21ClN8O. The molecule has 9 nitrogen and oxygen atoms in total. The number of carbonyl (C=O) groups is 1. The van der Waals surface area contributed by atoms with E-state index in [0.717, 1.165) is 16.9 Å². The van der Waals surface area contributed by atoms with Crippen LogP contribution in [0.25, 0.3) is 16.7 Å². The van der Waals surface area contributed by atoms with Crippen LogP contribution in [0.1, 0.15) is 53.5 Å². The van der Waals surface area contributed by atoms with E-state index >= 15 is 0 Å². The van der Waals surface area contributed by atoms with Gasteiger partial charge in [0.1, 0.15) is 17.7 Å². The van der Waals surface area contributed by atoms with E-state index in [1.165, 1.54) is 18.4 Å². The molecule has 0 bridgehead atoms. The normalized spacial score (nSPS) is 18.7. The quantitative estimate of drug-likeness (QED) is 0.356. The van der Waals surface area contributed by atoms with E-state index in [9.17, 15) is 10.1 Å². The number of aromatic nitrogens is 6. The van der Waals surface area contributed by atoms with E-state index in [1.807, 2.05) is 6.20 Å². The van der Waals surface area contributed by atoms with Crippen molar-refractivity contribution in [3.05, 3.63) is 82.4 Å². The number of halogens is 1. The lowest BCUT2D eigenvalue weighted by Gasteiger charge is -2.06. The summed E-state index contributed by atoms with van der Waals surface area (Å²) in [6, 6.07) is 13.3. The van der Waals surface area contributed by atoms with Gasteiger partial charge in [0.05, 0.1) is 17.3 Å². The Labute approximate surface area is 216 Å². The van der Waals surface area contributed by atoms with Crippen molar-refractivity contribution in [2.75, 3.05) is 5.32 Å². The van der Waals surface area contributed by atoms with Crippen molar-refractivity contribution >= 4 is 40.0 Å². The van der Waals surface area contributed by atoms with Crippen LogP contribution < -0.4 is 5.32 Å². The molecule has 0 unspecified atom stereocenters. The number of carbonyl (C=O) groups excluding carboxylic acids is 1. The maximum absolute atomic E-state index is 13.0. The van der Waals surface area contributed by atoms with Gasteiger partial charge in [-0.2, -0.15) is 15.2 Å². The average molecular weight is 509 g/mol. The molecule has 0 aliphatic heterocycles. The monoisotopic (exact) mass is 508 g/mol. The number of nitrogens with zero attached hydrogens (tertiary/aromatic N) is 7. The number of nitrogens with one attached hydrogen (secondary N) is 1. The molecule has 2 aliphatic rings. The molecule has 0 radical (unpaired) electrons.